The number of thiophene rings is 1. The molecule has 0 radical (unpaired) electrons. The molecule has 3 aromatic rings. The van der Waals surface area contributed by atoms with Crippen molar-refractivity contribution in [2.75, 3.05) is 11.4 Å². The highest BCUT2D eigenvalue weighted by atomic mass is 35.5. The van der Waals surface area contributed by atoms with Crippen molar-refractivity contribution in [1.29, 1.82) is 0 Å². The number of aromatic nitrogens is 1. The molecule has 0 atom stereocenters. The van der Waals surface area contributed by atoms with Crippen LogP contribution in [-0.4, -0.2) is 30.6 Å². The van der Waals surface area contributed by atoms with Crippen molar-refractivity contribution < 1.29 is 32.2 Å². The molecular weight excluding hydrogens is 555 g/mol. The summed E-state index contributed by atoms with van der Waals surface area (Å²) in [4.78, 5) is 13.5. The van der Waals surface area contributed by atoms with Gasteiger partial charge in [0.25, 0.3) is 9.84 Å². The number of benzene rings is 1. The largest absolute Gasteiger partial charge is 0.743 e. The third-order valence-corrected chi connectivity index (χ3v) is 7.98. The van der Waals surface area contributed by atoms with Gasteiger partial charge in [-0.1, -0.05) is 52.8 Å². The van der Waals surface area contributed by atoms with Crippen LogP contribution in [0.25, 0.3) is 15.6 Å². The number of allylic oxidation sites excluding steroid dienone is 2. The maximum absolute atomic E-state index is 11.5. The van der Waals surface area contributed by atoms with Gasteiger partial charge in [-0.15, -0.1) is 13.2 Å². The van der Waals surface area contributed by atoms with E-state index < -0.39 is 22.0 Å². The van der Waals surface area contributed by atoms with Gasteiger partial charge in [-0.3, -0.25) is 9.69 Å². The van der Waals surface area contributed by atoms with Crippen molar-refractivity contribution in [3.8, 4) is 5.75 Å². The first kappa shape index (κ1) is 27.2. The van der Waals surface area contributed by atoms with Gasteiger partial charge in [-0.25, -0.2) is 8.42 Å². The average molecular weight is 576 g/mol. The maximum Gasteiger partial charge on any atom is 0.323 e. The van der Waals surface area contributed by atoms with Crippen LogP contribution in [0.2, 0.25) is 9.36 Å². The molecular formula is C22H20Cl2N2O6S3. The number of ether oxygens (including phenoxy) is 1. The third-order valence-electron chi connectivity index (χ3n) is 4.67. The number of aliphatic carboxylic acids is 1. The molecule has 13 heteroatoms. The monoisotopic (exact) mass is 574 g/mol. The highest BCUT2D eigenvalue weighted by Crippen LogP contribution is 2.41. The summed E-state index contributed by atoms with van der Waals surface area (Å²) in [7, 11) is -4.55. The number of anilines is 1. The summed E-state index contributed by atoms with van der Waals surface area (Å²) in [6.07, 6.45) is 3.97. The molecule has 0 saturated carbocycles. The molecule has 0 bridgehead atoms. The molecule has 1 aliphatic heterocycles. The van der Waals surface area contributed by atoms with Crippen molar-refractivity contribution in [2.45, 2.75) is 19.2 Å². The molecule has 186 valence electrons. The van der Waals surface area contributed by atoms with E-state index in [1.54, 1.807) is 36.4 Å². The van der Waals surface area contributed by atoms with E-state index in [2.05, 4.69) is 13.2 Å². The normalized spacial score (nSPS) is 14.6. The quantitative estimate of drug-likeness (QED) is 0.226. The topological polar surface area (TPSA) is 111 Å². The van der Waals surface area contributed by atoms with Crippen LogP contribution in [0.15, 0.2) is 55.0 Å². The molecule has 1 N–H and O–H groups in total. The van der Waals surface area contributed by atoms with Crippen LogP contribution in [0.4, 0.5) is 5.69 Å². The van der Waals surface area contributed by atoms with E-state index in [0.717, 1.165) is 10.3 Å². The van der Waals surface area contributed by atoms with Gasteiger partial charge in [-0.2, -0.15) is 4.57 Å². The summed E-state index contributed by atoms with van der Waals surface area (Å²) >= 11 is 14.6. The van der Waals surface area contributed by atoms with Gasteiger partial charge < -0.3 is 14.4 Å². The van der Waals surface area contributed by atoms with Crippen molar-refractivity contribution in [1.82, 2.24) is 0 Å². The van der Waals surface area contributed by atoms with E-state index in [9.17, 15) is 22.9 Å². The first-order chi connectivity index (χ1) is 16.5. The molecule has 1 aromatic carbocycles. The van der Waals surface area contributed by atoms with E-state index >= 15 is 0 Å². The summed E-state index contributed by atoms with van der Waals surface area (Å²) in [6.45, 7) is 7.56. The Morgan fingerprint density at radius 3 is 2.63 bits per heavy atom. The minimum Gasteiger partial charge on any atom is -0.743 e. The second-order valence-electron chi connectivity index (χ2n) is 7.02. The fourth-order valence-electron chi connectivity index (χ4n) is 3.30. The molecule has 2 aromatic heterocycles. The average Bonchev–Trinajstić information content (AvgIpc) is 3.40. The number of fused-ring (bicyclic) bond motifs is 2. The lowest BCUT2D eigenvalue weighted by Gasteiger charge is -2.16. The van der Waals surface area contributed by atoms with E-state index in [0.29, 0.717) is 42.9 Å². The Morgan fingerprint density at radius 2 is 2.00 bits per heavy atom. The number of carboxylic acid groups (broad SMARTS) is 1. The van der Waals surface area contributed by atoms with Crippen LogP contribution in [0.1, 0.15) is 18.4 Å². The molecule has 0 spiro atoms. The maximum atomic E-state index is 11.5. The smallest absolute Gasteiger partial charge is 0.323 e. The fourth-order valence-corrected chi connectivity index (χ4v) is 6.86. The summed E-state index contributed by atoms with van der Waals surface area (Å²) < 4.78 is 43.1. The molecule has 35 heavy (non-hydrogen) atoms. The predicted molar refractivity (Wildman–Crippen MR) is 139 cm³/mol. The Kier molecular flexibility index (Phi) is 8.63. The molecule has 1 aliphatic rings. The van der Waals surface area contributed by atoms with Gasteiger partial charge in [0.05, 0.1) is 5.69 Å². The Bertz CT molecular complexity index is 1440. The zero-order valence-electron chi connectivity index (χ0n) is 18.4. The van der Waals surface area contributed by atoms with Gasteiger partial charge in [0, 0.05) is 17.2 Å². The second-order valence-corrected chi connectivity index (χ2v) is 11.6. The summed E-state index contributed by atoms with van der Waals surface area (Å²) in [5, 5.41) is 10.4. The summed E-state index contributed by atoms with van der Waals surface area (Å²) in [5.41, 5.74) is 1.27. The SMILES string of the molecule is C=C.CCC(=C/c1sc2cc(Cl)sc2[n+]1CS(=O)(=O)[O-])/C=C1/Oc2ccc(Cl)cc2N1CC(=O)O. The zero-order chi connectivity index (χ0) is 25.9. The summed E-state index contributed by atoms with van der Waals surface area (Å²) in [6, 6.07) is 6.65. The first-order valence-corrected chi connectivity index (χ1v) is 13.9. The van der Waals surface area contributed by atoms with Crippen molar-refractivity contribution in [3.05, 3.63) is 69.3 Å². The van der Waals surface area contributed by atoms with Gasteiger partial charge in [-0.05, 0) is 36.3 Å². The van der Waals surface area contributed by atoms with E-state index in [-0.39, 0.29) is 6.54 Å². The molecule has 4 rings (SSSR count). The Balaban J connectivity index is 0.00000167. The number of carbonyl (C=O) groups is 1. The highest BCUT2D eigenvalue weighted by molar-refractivity contribution is 7.84. The van der Waals surface area contributed by atoms with Crippen LogP contribution >= 0.6 is 45.9 Å². The molecule has 0 saturated heterocycles. The van der Waals surface area contributed by atoms with Gasteiger partial charge >= 0.3 is 5.97 Å². The second kappa shape index (κ2) is 11.1. The Morgan fingerprint density at radius 1 is 1.29 bits per heavy atom. The molecule has 0 amide bonds. The lowest BCUT2D eigenvalue weighted by atomic mass is 10.2. The molecule has 0 unspecified atom stereocenters. The van der Waals surface area contributed by atoms with Crippen molar-refractivity contribution in [2.24, 2.45) is 0 Å². The Labute approximate surface area is 220 Å². The highest BCUT2D eigenvalue weighted by Gasteiger charge is 2.29. The van der Waals surface area contributed by atoms with E-state index in [1.807, 2.05) is 6.92 Å². The Hall–Kier alpha value is -2.41. The van der Waals surface area contributed by atoms with Crippen LogP contribution in [0.5, 0.6) is 5.75 Å². The van der Waals surface area contributed by atoms with E-state index in [4.69, 9.17) is 27.9 Å². The number of nitrogens with zero attached hydrogens (tertiary/aromatic N) is 2. The zero-order valence-corrected chi connectivity index (χ0v) is 22.3. The van der Waals surface area contributed by atoms with Crippen LogP contribution in [0.3, 0.4) is 0 Å². The van der Waals surface area contributed by atoms with Gasteiger partial charge in [0.1, 0.15) is 15.6 Å². The molecule has 0 fully saturated rings. The molecule has 8 nitrogen and oxygen atoms in total. The fraction of sp³-hybridized carbons (Fsp3) is 0.182. The first-order valence-electron chi connectivity index (χ1n) is 9.98. The minimum atomic E-state index is -4.55. The number of carboxylic acids is 1. The number of hydrogen-bond donors (Lipinski definition) is 1. The van der Waals surface area contributed by atoms with Crippen LogP contribution in [-0.2, 0) is 20.8 Å². The van der Waals surface area contributed by atoms with Crippen molar-refractivity contribution >= 4 is 83.3 Å². The predicted octanol–water partition coefficient (Wildman–Crippen LogP) is 5.48. The van der Waals surface area contributed by atoms with Crippen LogP contribution < -0.4 is 14.2 Å². The number of thiazole rings is 1. The number of hydrogen-bond acceptors (Lipinski definition) is 8. The molecule has 0 aliphatic carbocycles. The standard InChI is InChI=1S/C20H16Cl2N2O6S3.C2H4/c1-2-11(5-17-23(9-19(25)26)13-7-12(21)3-4-14(13)30-17)6-18-24(10-33(27,28)29)20-15(31-18)8-16(22)32-20;1-2/h3-8H,2,9-10H2,1H3,(H-,25,26,27,28,29);1-2H2. The lowest BCUT2D eigenvalue weighted by molar-refractivity contribution is -0.647. The third kappa shape index (κ3) is 6.43. The lowest BCUT2D eigenvalue weighted by Crippen LogP contribution is -2.38. The molecule has 3 heterocycles. The van der Waals surface area contributed by atoms with E-state index in [1.165, 1.54) is 32.1 Å². The number of halogens is 2. The van der Waals surface area contributed by atoms with Gasteiger partial charge in [0.2, 0.25) is 11.8 Å². The van der Waals surface area contributed by atoms with Crippen LogP contribution in [0, 0.1) is 0 Å². The van der Waals surface area contributed by atoms with Crippen molar-refractivity contribution in [3.63, 3.8) is 0 Å². The number of rotatable bonds is 7. The van der Waals surface area contributed by atoms with Gasteiger partial charge in [0.15, 0.2) is 15.9 Å². The summed E-state index contributed by atoms with van der Waals surface area (Å²) in [5.74, 6) is -1.00. The minimum absolute atomic E-state index is 0.298.